The van der Waals surface area contributed by atoms with E-state index in [-0.39, 0.29) is 12.1 Å². The Bertz CT molecular complexity index is 949. The second-order valence-corrected chi connectivity index (χ2v) is 5.84. The molecule has 1 unspecified atom stereocenters. The van der Waals surface area contributed by atoms with Gasteiger partial charge in [-0.15, -0.1) is 0 Å². The van der Waals surface area contributed by atoms with Gasteiger partial charge in [-0.05, 0) is 31.2 Å². The Hall–Kier alpha value is -2.90. The Balaban J connectivity index is 1.71. The van der Waals surface area contributed by atoms with Crippen LogP contribution in [-0.4, -0.2) is 15.5 Å². The summed E-state index contributed by atoms with van der Waals surface area (Å²) in [4.78, 5) is 16.5. The van der Waals surface area contributed by atoms with Gasteiger partial charge in [-0.2, -0.15) is 13.2 Å². The summed E-state index contributed by atoms with van der Waals surface area (Å²) < 4.78 is 53.2. The van der Waals surface area contributed by atoms with E-state index in [2.05, 4.69) is 10.3 Å². The lowest BCUT2D eigenvalue weighted by atomic mass is 10.1. The summed E-state index contributed by atoms with van der Waals surface area (Å²) in [5.41, 5.74) is 0.425. The van der Waals surface area contributed by atoms with Crippen molar-refractivity contribution in [2.45, 2.75) is 25.7 Å². The van der Waals surface area contributed by atoms with Crippen LogP contribution in [-0.2, 0) is 17.5 Å². The quantitative estimate of drug-likeness (QED) is 0.709. The van der Waals surface area contributed by atoms with Gasteiger partial charge in [0.1, 0.15) is 11.9 Å². The van der Waals surface area contributed by atoms with Crippen molar-refractivity contribution in [2.75, 3.05) is 0 Å². The van der Waals surface area contributed by atoms with Gasteiger partial charge in [0.2, 0.25) is 5.91 Å². The molecule has 1 atom stereocenters. The number of aromatic nitrogens is 2. The summed E-state index contributed by atoms with van der Waals surface area (Å²) in [5, 5.41) is 2.54. The third-order valence-electron chi connectivity index (χ3n) is 4.11. The minimum atomic E-state index is -4.61. The van der Waals surface area contributed by atoms with Crippen LogP contribution in [0.3, 0.4) is 0 Å². The molecule has 0 fully saturated rings. The van der Waals surface area contributed by atoms with Crippen LogP contribution in [0, 0.1) is 5.82 Å². The van der Waals surface area contributed by atoms with Gasteiger partial charge in [0.25, 0.3) is 0 Å². The Kier molecular flexibility index (Phi) is 4.67. The Labute approximate surface area is 146 Å². The summed E-state index contributed by atoms with van der Waals surface area (Å²) >= 11 is 0. The summed E-state index contributed by atoms with van der Waals surface area (Å²) in [7, 11) is 0. The molecule has 0 aliphatic rings. The summed E-state index contributed by atoms with van der Waals surface area (Å²) in [6.07, 6.45) is -3.08. The highest BCUT2D eigenvalue weighted by Gasteiger charge is 2.31. The van der Waals surface area contributed by atoms with E-state index in [0.29, 0.717) is 6.07 Å². The van der Waals surface area contributed by atoms with Crippen molar-refractivity contribution in [1.29, 1.82) is 0 Å². The van der Waals surface area contributed by atoms with Gasteiger partial charge in [-0.3, -0.25) is 4.79 Å². The van der Waals surface area contributed by atoms with Gasteiger partial charge in [-0.25, -0.2) is 9.37 Å². The second-order valence-electron chi connectivity index (χ2n) is 5.84. The first kappa shape index (κ1) is 17.9. The van der Waals surface area contributed by atoms with E-state index >= 15 is 0 Å². The van der Waals surface area contributed by atoms with E-state index < -0.39 is 29.5 Å². The zero-order valence-electron chi connectivity index (χ0n) is 13.7. The number of nitrogens with one attached hydrogen (secondary N) is 1. The van der Waals surface area contributed by atoms with Crippen molar-refractivity contribution in [3.63, 3.8) is 0 Å². The number of carbonyl (C=O) groups excluding carboxylic acids is 1. The van der Waals surface area contributed by atoms with Crippen LogP contribution in [0.15, 0.2) is 48.8 Å². The highest BCUT2D eigenvalue weighted by Crippen LogP contribution is 2.30. The number of halogens is 4. The fourth-order valence-electron chi connectivity index (χ4n) is 2.61. The molecule has 1 aromatic heterocycles. The number of carbonyl (C=O) groups is 1. The van der Waals surface area contributed by atoms with E-state index in [0.717, 1.165) is 23.2 Å². The topological polar surface area (TPSA) is 46.9 Å². The summed E-state index contributed by atoms with van der Waals surface area (Å²) in [6.45, 7) is 1.45. The van der Waals surface area contributed by atoms with E-state index in [4.69, 9.17) is 0 Å². The molecule has 1 amide bonds. The molecule has 2 aromatic carbocycles. The molecule has 0 aliphatic carbocycles. The smallest absolute Gasteiger partial charge is 0.350 e. The van der Waals surface area contributed by atoms with Crippen LogP contribution in [0.5, 0.6) is 0 Å². The van der Waals surface area contributed by atoms with Crippen LogP contribution in [0.2, 0.25) is 0 Å². The predicted molar refractivity (Wildman–Crippen MR) is 87.7 cm³/mol. The number of hydrogen-bond acceptors (Lipinski definition) is 2. The molecule has 1 heterocycles. The molecule has 136 valence electrons. The second kappa shape index (κ2) is 6.78. The first-order chi connectivity index (χ1) is 12.3. The maximum absolute atomic E-state index is 13.8. The molecule has 0 aliphatic heterocycles. The maximum atomic E-state index is 13.8. The van der Waals surface area contributed by atoms with Gasteiger partial charge in [-0.1, -0.05) is 18.2 Å². The molecule has 8 heteroatoms. The van der Waals surface area contributed by atoms with Gasteiger partial charge < -0.3 is 9.88 Å². The Morgan fingerprint density at radius 1 is 1.23 bits per heavy atom. The number of fused-ring (bicyclic) bond motifs is 1. The fourth-order valence-corrected chi connectivity index (χ4v) is 2.61. The van der Waals surface area contributed by atoms with Crippen LogP contribution in [0.25, 0.3) is 11.0 Å². The molecular weight excluding hydrogens is 350 g/mol. The number of amides is 1. The number of hydrogen-bond donors (Lipinski definition) is 1. The first-order valence-corrected chi connectivity index (χ1v) is 7.82. The third-order valence-corrected chi connectivity index (χ3v) is 4.11. The Morgan fingerprint density at radius 2 is 1.96 bits per heavy atom. The van der Waals surface area contributed by atoms with Gasteiger partial charge in [0.15, 0.2) is 0 Å². The molecule has 0 saturated carbocycles. The maximum Gasteiger partial charge on any atom is 0.416 e. The number of para-hydroxylation sites is 2. The van der Waals surface area contributed by atoms with Crippen molar-refractivity contribution < 1.29 is 22.4 Å². The van der Waals surface area contributed by atoms with E-state index in [1.54, 1.807) is 11.5 Å². The first-order valence-electron chi connectivity index (χ1n) is 7.82. The summed E-state index contributed by atoms with van der Waals surface area (Å²) in [5.74, 6) is -1.41. The van der Waals surface area contributed by atoms with Crippen molar-refractivity contribution in [3.8, 4) is 0 Å². The monoisotopic (exact) mass is 365 g/mol. The van der Waals surface area contributed by atoms with Crippen LogP contribution in [0.1, 0.15) is 24.1 Å². The zero-order chi connectivity index (χ0) is 18.9. The molecule has 26 heavy (non-hydrogen) atoms. The van der Waals surface area contributed by atoms with Gasteiger partial charge in [0, 0.05) is 12.1 Å². The summed E-state index contributed by atoms with van der Waals surface area (Å²) in [6, 6.07) is 8.91. The van der Waals surface area contributed by atoms with Crippen LogP contribution in [0.4, 0.5) is 17.6 Å². The van der Waals surface area contributed by atoms with Gasteiger partial charge >= 0.3 is 6.18 Å². The SMILES string of the molecule is CC(C(=O)NCc1ccc(C(F)(F)F)cc1F)n1cnc2ccccc21. The number of nitrogens with zero attached hydrogens (tertiary/aromatic N) is 2. The molecule has 3 aromatic rings. The molecule has 4 nitrogen and oxygen atoms in total. The number of alkyl halides is 3. The molecule has 0 bridgehead atoms. The number of benzene rings is 2. The lowest BCUT2D eigenvalue weighted by molar-refractivity contribution is -0.137. The minimum Gasteiger partial charge on any atom is -0.350 e. The van der Waals surface area contributed by atoms with Crippen molar-refractivity contribution in [3.05, 3.63) is 65.7 Å². The minimum absolute atomic E-state index is 0.0194. The predicted octanol–water partition coefficient (Wildman–Crippen LogP) is 4.07. The third kappa shape index (κ3) is 3.54. The van der Waals surface area contributed by atoms with Crippen molar-refractivity contribution in [1.82, 2.24) is 14.9 Å². The van der Waals surface area contributed by atoms with E-state index in [1.807, 2.05) is 24.3 Å². The van der Waals surface area contributed by atoms with Crippen molar-refractivity contribution >= 4 is 16.9 Å². The normalized spacial score (nSPS) is 13.0. The average Bonchev–Trinajstić information content (AvgIpc) is 3.03. The largest absolute Gasteiger partial charge is 0.416 e. The Morgan fingerprint density at radius 3 is 2.65 bits per heavy atom. The zero-order valence-corrected chi connectivity index (χ0v) is 13.7. The average molecular weight is 365 g/mol. The lowest BCUT2D eigenvalue weighted by Crippen LogP contribution is -2.30. The van der Waals surface area contributed by atoms with E-state index in [1.165, 1.54) is 6.33 Å². The van der Waals surface area contributed by atoms with Gasteiger partial charge in [0.05, 0.1) is 22.9 Å². The van der Waals surface area contributed by atoms with Crippen molar-refractivity contribution in [2.24, 2.45) is 0 Å². The highest BCUT2D eigenvalue weighted by atomic mass is 19.4. The van der Waals surface area contributed by atoms with Crippen LogP contribution < -0.4 is 5.32 Å². The highest BCUT2D eigenvalue weighted by molar-refractivity contribution is 5.83. The molecule has 0 saturated heterocycles. The number of imidazole rings is 1. The van der Waals surface area contributed by atoms with Crippen LogP contribution >= 0.6 is 0 Å². The molecule has 0 radical (unpaired) electrons. The molecule has 1 N–H and O–H groups in total. The fraction of sp³-hybridized carbons (Fsp3) is 0.222. The number of rotatable bonds is 4. The lowest BCUT2D eigenvalue weighted by Gasteiger charge is -2.15. The molecular formula is C18H15F4N3O. The molecule has 3 rings (SSSR count). The molecule has 0 spiro atoms. The standard InChI is InChI=1S/C18H15F4N3O/c1-11(25-10-24-15-4-2-3-5-16(15)25)17(26)23-9-12-6-7-13(8-14(12)19)18(20,21)22/h2-8,10-11H,9H2,1H3,(H,23,26). The van der Waals surface area contributed by atoms with E-state index in [9.17, 15) is 22.4 Å².